The van der Waals surface area contributed by atoms with Crippen molar-refractivity contribution < 1.29 is 19.1 Å². The molecule has 9 heteroatoms. The van der Waals surface area contributed by atoms with Crippen molar-refractivity contribution in [1.29, 1.82) is 0 Å². The fraction of sp³-hybridized carbons (Fsp3) is 0.0323. The lowest BCUT2D eigenvalue weighted by Gasteiger charge is -2.10. The zero-order valence-corrected chi connectivity index (χ0v) is 21.6. The fourth-order valence-corrected chi connectivity index (χ4v) is 4.49. The number of benzene rings is 4. The van der Waals surface area contributed by atoms with Crippen LogP contribution in [0.25, 0.3) is 33.5 Å². The highest BCUT2D eigenvalue weighted by Crippen LogP contribution is 2.29. The average molecular weight is 550 g/mol. The summed E-state index contributed by atoms with van der Waals surface area (Å²) in [5.74, 6) is 0.0946. The molecule has 1 N–H and O–H groups in total. The Morgan fingerprint density at radius 1 is 1.00 bits per heavy atom. The molecule has 4 aromatic carbocycles. The SMILES string of the molecule is O=C(O)c1cccc(COc2ccccc2C=Nn2c(-c3cc4cc(Cl)ccc4o3)nc3ccccc3c2=O)c1. The van der Waals surface area contributed by atoms with Crippen molar-refractivity contribution in [3.8, 4) is 17.3 Å². The van der Waals surface area contributed by atoms with Crippen LogP contribution in [0, 0.1) is 0 Å². The van der Waals surface area contributed by atoms with Crippen molar-refractivity contribution in [2.75, 3.05) is 0 Å². The first kappa shape index (κ1) is 25.1. The van der Waals surface area contributed by atoms with Gasteiger partial charge in [-0.05, 0) is 66.2 Å². The molecular weight excluding hydrogens is 530 g/mol. The van der Waals surface area contributed by atoms with Gasteiger partial charge >= 0.3 is 5.97 Å². The van der Waals surface area contributed by atoms with Crippen molar-refractivity contribution in [3.05, 3.63) is 129 Å². The lowest BCUT2D eigenvalue weighted by molar-refractivity contribution is 0.0696. The molecule has 0 aliphatic rings. The lowest BCUT2D eigenvalue weighted by atomic mass is 10.1. The standard InChI is InChI=1S/C31H20ClN3O5/c32-23-12-13-27-22(15-23)16-28(40-27)29-34-25-10-3-2-9-24(25)30(36)35(29)33-17-21-7-1-4-11-26(21)39-18-19-6-5-8-20(14-19)31(37)38/h1-17H,18H2,(H,37,38). The summed E-state index contributed by atoms with van der Waals surface area (Å²) >= 11 is 6.15. The molecule has 0 radical (unpaired) electrons. The fourth-order valence-electron chi connectivity index (χ4n) is 4.31. The highest BCUT2D eigenvalue weighted by atomic mass is 35.5. The smallest absolute Gasteiger partial charge is 0.335 e. The third kappa shape index (κ3) is 4.95. The van der Waals surface area contributed by atoms with Crippen molar-refractivity contribution in [2.45, 2.75) is 6.61 Å². The average Bonchev–Trinajstić information content (AvgIpc) is 3.39. The Kier molecular flexibility index (Phi) is 6.59. The van der Waals surface area contributed by atoms with Gasteiger partial charge in [-0.25, -0.2) is 9.78 Å². The quantitative estimate of drug-likeness (QED) is 0.224. The number of nitrogens with zero attached hydrogens (tertiary/aromatic N) is 3. The molecule has 0 atom stereocenters. The summed E-state index contributed by atoms with van der Waals surface area (Å²) in [6, 6.07) is 27.8. The van der Waals surface area contributed by atoms with Gasteiger partial charge in [-0.15, -0.1) is 0 Å². The van der Waals surface area contributed by atoms with E-state index < -0.39 is 5.97 Å². The van der Waals surface area contributed by atoms with Crippen molar-refractivity contribution in [1.82, 2.24) is 9.66 Å². The molecule has 6 aromatic rings. The van der Waals surface area contributed by atoms with Gasteiger partial charge < -0.3 is 14.3 Å². The monoisotopic (exact) mass is 549 g/mol. The van der Waals surface area contributed by atoms with Gasteiger partial charge in [0.05, 0.1) is 22.7 Å². The number of rotatable bonds is 7. The molecule has 8 nitrogen and oxygen atoms in total. The molecule has 196 valence electrons. The maximum absolute atomic E-state index is 13.6. The number of fused-ring (bicyclic) bond motifs is 2. The van der Waals surface area contributed by atoms with Crippen LogP contribution in [0.5, 0.6) is 5.75 Å². The van der Waals surface area contributed by atoms with E-state index in [9.17, 15) is 14.7 Å². The van der Waals surface area contributed by atoms with Crippen LogP contribution in [0.3, 0.4) is 0 Å². The highest BCUT2D eigenvalue weighted by molar-refractivity contribution is 6.31. The summed E-state index contributed by atoms with van der Waals surface area (Å²) in [6.07, 6.45) is 1.52. The Balaban J connectivity index is 1.39. The van der Waals surface area contributed by atoms with E-state index in [1.54, 1.807) is 72.8 Å². The van der Waals surface area contributed by atoms with Gasteiger partial charge in [0, 0.05) is 16.0 Å². The number of para-hydroxylation sites is 2. The molecule has 0 bridgehead atoms. The second kappa shape index (κ2) is 10.5. The zero-order chi connectivity index (χ0) is 27.6. The molecular formula is C31H20ClN3O5. The second-order valence-electron chi connectivity index (χ2n) is 8.94. The predicted octanol–water partition coefficient (Wildman–Crippen LogP) is 6.62. The van der Waals surface area contributed by atoms with E-state index in [0.29, 0.717) is 44.1 Å². The Labute approximate surface area is 232 Å². The Morgan fingerprint density at radius 2 is 1.82 bits per heavy atom. The van der Waals surface area contributed by atoms with Crippen LogP contribution in [-0.2, 0) is 6.61 Å². The maximum Gasteiger partial charge on any atom is 0.335 e. The molecule has 6 rings (SSSR count). The van der Waals surface area contributed by atoms with Gasteiger partial charge in [-0.1, -0.05) is 48.0 Å². The molecule has 0 saturated carbocycles. The van der Waals surface area contributed by atoms with Crippen LogP contribution in [0.1, 0.15) is 21.5 Å². The minimum atomic E-state index is -1.01. The number of ether oxygens (including phenoxy) is 1. The summed E-state index contributed by atoms with van der Waals surface area (Å²) in [4.78, 5) is 29.6. The molecule has 0 saturated heterocycles. The lowest BCUT2D eigenvalue weighted by Crippen LogP contribution is -2.20. The first-order valence-electron chi connectivity index (χ1n) is 12.3. The normalized spacial score (nSPS) is 11.4. The van der Waals surface area contributed by atoms with Gasteiger partial charge in [0.25, 0.3) is 5.56 Å². The van der Waals surface area contributed by atoms with Crippen LogP contribution in [0.15, 0.2) is 111 Å². The first-order valence-corrected chi connectivity index (χ1v) is 12.6. The number of aromatic carboxylic acids is 1. The van der Waals surface area contributed by atoms with Gasteiger partial charge in [0.1, 0.15) is 17.9 Å². The van der Waals surface area contributed by atoms with Crippen molar-refractivity contribution in [2.24, 2.45) is 5.10 Å². The van der Waals surface area contributed by atoms with Crippen molar-refractivity contribution >= 4 is 45.7 Å². The van der Waals surface area contributed by atoms with E-state index >= 15 is 0 Å². The topological polar surface area (TPSA) is 107 Å². The minimum Gasteiger partial charge on any atom is -0.488 e. The van der Waals surface area contributed by atoms with E-state index in [1.807, 2.05) is 18.2 Å². The van der Waals surface area contributed by atoms with Gasteiger partial charge in [0.2, 0.25) is 5.82 Å². The molecule has 0 aliphatic carbocycles. The van der Waals surface area contributed by atoms with Crippen LogP contribution < -0.4 is 10.3 Å². The second-order valence-corrected chi connectivity index (χ2v) is 9.38. The molecule has 2 aromatic heterocycles. The van der Waals surface area contributed by atoms with E-state index in [0.717, 1.165) is 5.39 Å². The Hall–Kier alpha value is -5.21. The number of furan rings is 1. The van der Waals surface area contributed by atoms with E-state index in [4.69, 9.17) is 25.7 Å². The largest absolute Gasteiger partial charge is 0.488 e. The van der Waals surface area contributed by atoms with Crippen LogP contribution in [0.2, 0.25) is 5.02 Å². The number of hydrogen-bond donors (Lipinski definition) is 1. The van der Waals surface area contributed by atoms with E-state index in [2.05, 4.69) is 5.10 Å². The summed E-state index contributed by atoms with van der Waals surface area (Å²) in [6.45, 7) is 0.149. The summed E-state index contributed by atoms with van der Waals surface area (Å²) in [5.41, 5.74) is 2.25. The van der Waals surface area contributed by atoms with Gasteiger partial charge in [-0.2, -0.15) is 9.78 Å². The maximum atomic E-state index is 13.6. The highest BCUT2D eigenvalue weighted by Gasteiger charge is 2.17. The number of aromatic nitrogens is 2. The number of carbonyl (C=O) groups is 1. The first-order chi connectivity index (χ1) is 19.5. The summed E-state index contributed by atoms with van der Waals surface area (Å²) in [5, 5.41) is 15.5. The molecule has 40 heavy (non-hydrogen) atoms. The molecule has 2 heterocycles. The van der Waals surface area contributed by atoms with Crippen LogP contribution >= 0.6 is 11.6 Å². The van der Waals surface area contributed by atoms with Gasteiger partial charge in [0.15, 0.2) is 5.76 Å². The molecule has 0 aliphatic heterocycles. The number of carboxylic acids is 1. The van der Waals surface area contributed by atoms with Crippen LogP contribution in [0.4, 0.5) is 0 Å². The van der Waals surface area contributed by atoms with Crippen LogP contribution in [-0.4, -0.2) is 27.0 Å². The van der Waals surface area contributed by atoms with E-state index in [1.165, 1.54) is 17.0 Å². The summed E-state index contributed by atoms with van der Waals surface area (Å²) < 4.78 is 13.2. The predicted molar refractivity (Wildman–Crippen MR) is 153 cm³/mol. The number of hydrogen-bond acceptors (Lipinski definition) is 6. The van der Waals surface area contributed by atoms with E-state index in [-0.39, 0.29) is 23.6 Å². The third-order valence-electron chi connectivity index (χ3n) is 6.25. The Bertz CT molecular complexity index is 1990. The number of carboxylic acid groups (broad SMARTS) is 1. The Morgan fingerprint density at radius 3 is 2.70 bits per heavy atom. The van der Waals surface area contributed by atoms with Crippen molar-refractivity contribution in [3.63, 3.8) is 0 Å². The molecule has 0 unspecified atom stereocenters. The number of halogens is 1. The molecule has 0 fully saturated rings. The minimum absolute atomic E-state index is 0.149. The molecule has 0 amide bonds. The molecule has 0 spiro atoms. The van der Waals surface area contributed by atoms with Gasteiger partial charge in [-0.3, -0.25) is 4.79 Å². The zero-order valence-electron chi connectivity index (χ0n) is 20.8. The summed E-state index contributed by atoms with van der Waals surface area (Å²) in [7, 11) is 0. The third-order valence-corrected chi connectivity index (χ3v) is 6.49.